The SMILES string of the molecule is c1cc(-c2ccc3ccccc3c2)cc(N(c2ccc(-c3ccc4ccccc4c3)cc2)c2cccc(-c3cccc4oc5ccccc5c34)c2)c1. The van der Waals surface area contributed by atoms with Crippen molar-refractivity contribution in [3.05, 3.63) is 200 Å². The van der Waals surface area contributed by atoms with Crippen molar-refractivity contribution in [2.24, 2.45) is 0 Å². The standard InChI is InChI=1S/C50H33NO/c1-3-12-37-30-40(24-22-34(37)10-1)36-26-28-43(29-27-36)51(44-16-7-14-39(32-44)41-25-23-35-11-2-4-13-38(35)31-41)45-17-8-15-42(33-45)46-19-9-21-49-50(46)47-18-5-6-20-48(47)52-49/h1-33H. The van der Waals surface area contributed by atoms with Gasteiger partial charge < -0.3 is 9.32 Å². The van der Waals surface area contributed by atoms with Gasteiger partial charge in [-0.15, -0.1) is 0 Å². The van der Waals surface area contributed by atoms with Crippen LogP contribution >= 0.6 is 0 Å². The number of anilines is 3. The van der Waals surface area contributed by atoms with Crippen molar-refractivity contribution in [1.82, 2.24) is 0 Å². The number of nitrogens with zero attached hydrogens (tertiary/aromatic N) is 1. The summed E-state index contributed by atoms with van der Waals surface area (Å²) in [5.74, 6) is 0. The van der Waals surface area contributed by atoms with Crippen LogP contribution in [0.15, 0.2) is 205 Å². The van der Waals surface area contributed by atoms with E-state index in [1.54, 1.807) is 0 Å². The molecule has 244 valence electrons. The normalized spacial score (nSPS) is 11.5. The van der Waals surface area contributed by atoms with Crippen LogP contribution in [0.3, 0.4) is 0 Å². The Morgan fingerprint density at radius 1 is 0.308 bits per heavy atom. The first-order valence-electron chi connectivity index (χ1n) is 17.7. The smallest absolute Gasteiger partial charge is 0.136 e. The van der Waals surface area contributed by atoms with Gasteiger partial charge in [0.25, 0.3) is 0 Å². The molecule has 0 saturated heterocycles. The van der Waals surface area contributed by atoms with Gasteiger partial charge in [-0.05, 0) is 116 Å². The Labute approximate surface area is 302 Å². The van der Waals surface area contributed by atoms with Crippen LogP contribution in [0.1, 0.15) is 0 Å². The molecule has 0 saturated carbocycles. The summed E-state index contributed by atoms with van der Waals surface area (Å²) in [4.78, 5) is 2.37. The molecular weight excluding hydrogens is 631 g/mol. The van der Waals surface area contributed by atoms with E-state index in [-0.39, 0.29) is 0 Å². The quantitative estimate of drug-likeness (QED) is 0.176. The zero-order chi connectivity index (χ0) is 34.4. The highest BCUT2D eigenvalue weighted by Crippen LogP contribution is 2.42. The molecule has 0 aliphatic carbocycles. The second kappa shape index (κ2) is 12.5. The van der Waals surface area contributed by atoms with Crippen molar-refractivity contribution in [1.29, 1.82) is 0 Å². The molecule has 2 nitrogen and oxygen atoms in total. The second-order valence-corrected chi connectivity index (χ2v) is 13.4. The monoisotopic (exact) mass is 663 g/mol. The van der Waals surface area contributed by atoms with Crippen molar-refractivity contribution < 1.29 is 4.42 Å². The summed E-state index contributed by atoms with van der Waals surface area (Å²) in [7, 11) is 0. The number of para-hydroxylation sites is 1. The van der Waals surface area contributed by atoms with Crippen molar-refractivity contribution in [3.63, 3.8) is 0 Å². The van der Waals surface area contributed by atoms with Gasteiger partial charge in [-0.3, -0.25) is 0 Å². The van der Waals surface area contributed by atoms with Crippen LogP contribution in [0, 0.1) is 0 Å². The van der Waals surface area contributed by atoms with Crippen LogP contribution in [0.2, 0.25) is 0 Å². The minimum atomic E-state index is 0.897. The van der Waals surface area contributed by atoms with Crippen LogP contribution in [0.25, 0.3) is 76.9 Å². The Morgan fingerprint density at radius 2 is 0.827 bits per heavy atom. The van der Waals surface area contributed by atoms with Crippen LogP contribution in [-0.2, 0) is 0 Å². The maximum atomic E-state index is 6.27. The lowest BCUT2D eigenvalue weighted by Crippen LogP contribution is -2.10. The van der Waals surface area contributed by atoms with Gasteiger partial charge in [0.15, 0.2) is 0 Å². The number of hydrogen-bond donors (Lipinski definition) is 0. The maximum absolute atomic E-state index is 6.27. The Balaban J connectivity index is 1.11. The summed E-state index contributed by atoms with van der Waals surface area (Å²) in [6, 6.07) is 71.8. The van der Waals surface area contributed by atoms with Crippen LogP contribution in [-0.4, -0.2) is 0 Å². The molecule has 0 atom stereocenters. The van der Waals surface area contributed by atoms with E-state index in [1.807, 2.05) is 12.1 Å². The zero-order valence-electron chi connectivity index (χ0n) is 28.4. The lowest BCUT2D eigenvalue weighted by Gasteiger charge is -2.27. The molecule has 0 radical (unpaired) electrons. The molecule has 0 unspecified atom stereocenters. The van der Waals surface area contributed by atoms with Crippen LogP contribution in [0.5, 0.6) is 0 Å². The summed E-state index contributed by atoms with van der Waals surface area (Å²) in [6.07, 6.45) is 0. The molecule has 0 spiro atoms. The van der Waals surface area contributed by atoms with E-state index >= 15 is 0 Å². The molecule has 10 aromatic rings. The lowest BCUT2D eigenvalue weighted by molar-refractivity contribution is 0.669. The third-order valence-corrected chi connectivity index (χ3v) is 10.2. The number of furan rings is 1. The first-order valence-corrected chi connectivity index (χ1v) is 17.7. The van der Waals surface area contributed by atoms with Gasteiger partial charge in [-0.25, -0.2) is 0 Å². The van der Waals surface area contributed by atoms with E-state index in [9.17, 15) is 0 Å². The van der Waals surface area contributed by atoms with Crippen molar-refractivity contribution in [3.8, 4) is 33.4 Å². The van der Waals surface area contributed by atoms with Gasteiger partial charge in [-0.1, -0.05) is 140 Å². The molecule has 0 aliphatic rings. The topological polar surface area (TPSA) is 16.4 Å². The van der Waals surface area contributed by atoms with Crippen LogP contribution < -0.4 is 4.90 Å². The Bertz CT molecular complexity index is 2920. The van der Waals surface area contributed by atoms with Gasteiger partial charge in [0.2, 0.25) is 0 Å². The fourth-order valence-corrected chi connectivity index (χ4v) is 7.64. The number of fused-ring (bicyclic) bond motifs is 5. The molecular formula is C50H33NO. The van der Waals surface area contributed by atoms with Crippen molar-refractivity contribution in [2.45, 2.75) is 0 Å². The van der Waals surface area contributed by atoms with E-state index in [2.05, 4.69) is 193 Å². The van der Waals surface area contributed by atoms with Crippen LogP contribution in [0.4, 0.5) is 17.1 Å². The molecule has 0 bridgehead atoms. The first kappa shape index (κ1) is 30.0. The number of benzene rings is 9. The predicted molar refractivity (Wildman–Crippen MR) is 220 cm³/mol. The van der Waals surface area contributed by atoms with E-state index in [0.29, 0.717) is 0 Å². The Hall–Kier alpha value is -6.90. The molecule has 0 N–H and O–H groups in total. The van der Waals surface area contributed by atoms with E-state index < -0.39 is 0 Å². The average Bonchev–Trinajstić information content (AvgIpc) is 3.60. The van der Waals surface area contributed by atoms with Crippen molar-refractivity contribution in [2.75, 3.05) is 4.90 Å². The van der Waals surface area contributed by atoms with E-state index in [0.717, 1.165) is 50.1 Å². The molecule has 1 heterocycles. The summed E-state index contributed by atoms with van der Waals surface area (Å²) in [5.41, 5.74) is 12.1. The third kappa shape index (κ3) is 5.30. The molecule has 10 rings (SSSR count). The minimum absolute atomic E-state index is 0.897. The van der Waals surface area contributed by atoms with E-state index in [1.165, 1.54) is 43.8 Å². The largest absolute Gasteiger partial charge is 0.456 e. The molecule has 9 aromatic carbocycles. The van der Waals surface area contributed by atoms with Gasteiger partial charge in [0.1, 0.15) is 11.2 Å². The lowest BCUT2D eigenvalue weighted by atomic mass is 9.98. The fourth-order valence-electron chi connectivity index (χ4n) is 7.64. The van der Waals surface area contributed by atoms with Gasteiger partial charge in [0.05, 0.1) is 0 Å². The highest BCUT2D eigenvalue weighted by Gasteiger charge is 2.17. The Kier molecular flexibility index (Phi) is 7.18. The van der Waals surface area contributed by atoms with Gasteiger partial charge >= 0.3 is 0 Å². The van der Waals surface area contributed by atoms with Gasteiger partial charge in [0, 0.05) is 27.8 Å². The first-order chi connectivity index (χ1) is 25.7. The fraction of sp³-hybridized carbons (Fsp3) is 0. The summed E-state index contributed by atoms with van der Waals surface area (Å²) in [5, 5.41) is 7.24. The third-order valence-electron chi connectivity index (χ3n) is 10.2. The summed E-state index contributed by atoms with van der Waals surface area (Å²) < 4.78 is 6.27. The highest BCUT2D eigenvalue weighted by molar-refractivity contribution is 6.12. The molecule has 0 aliphatic heterocycles. The molecule has 52 heavy (non-hydrogen) atoms. The average molecular weight is 664 g/mol. The molecule has 0 fully saturated rings. The van der Waals surface area contributed by atoms with Gasteiger partial charge in [-0.2, -0.15) is 0 Å². The summed E-state index contributed by atoms with van der Waals surface area (Å²) >= 11 is 0. The van der Waals surface area contributed by atoms with E-state index in [4.69, 9.17) is 4.42 Å². The molecule has 0 amide bonds. The highest BCUT2D eigenvalue weighted by atomic mass is 16.3. The molecule has 2 heteroatoms. The maximum Gasteiger partial charge on any atom is 0.136 e. The zero-order valence-corrected chi connectivity index (χ0v) is 28.4. The predicted octanol–water partition coefficient (Wildman–Crippen LogP) is 14.4. The Morgan fingerprint density at radius 3 is 1.54 bits per heavy atom. The molecule has 1 aromatic heterocycles. The second-order valence-electron chi connectivity index (χ2n) is 13.4. The number of hydrogen-bond acceptors (Lipinski definition) is 2. The number of rotatable bonds is 6. The van der Waals surface area contributed by atoms with Crippen molar-refractivity contribution >= 4 is 60.5 Å². The summed E-state index contributed by atoms with van der Waals surface area (Å²) in [6.45, 7) is 0. The minimum Gasteiger partial charge on any atom is -0.456 e.